The van der Waals surface area contributed by atoms with Crippen molar-refractivity contribution in [2.24, 2.45) is 0 Å². The lowest BCUT2D eigenvalue weighted by atomic mass is 10.0. The van der Waals surface area contributed by atoms with Crippen molar-refractivity contribution < 1.29 is 9.59 Å². The molecule has 10 aromatic heterocycles. The van der Waals surface area contributed by atoms with Gasteiger partial charge in [0.1, 0.15) is 8.64 Å². The highest BCUT2D eigenvalue weighted by molar-refractivity contribution is 8.27. The van der Waals surface area contributed by atoms with Gasteiger partial charge in [-0.3, -0.25) is 19.4 Å². The minimum absolute atomic E-state index is 0.0189. The second-order valence-corrected chi connectivity index (χ2v) is 45.6. The molecule has 0 aliphatic carbocycles. The normalized spacial score (nSPS) is 14.1. The third kappa shape index (κ3) is 24.4. The van der Waals surface area contributed by atoms with E-state index in [0.717, 1.165) is 129 Å². The fraction of sp³-hybridized carbons (Fsp3) is 0.542. The molecule has 2 aliphatic heterocycles. The molecule has 0 saturated carbocycles. The summed E-state index contributed by atoms with van der Waals surface area (Å²) in [6.07, 6.45) is 50.4. The summed E-state index contributed by atoms with van der Waals surface area (Å²) in [5, 5.41) is 4.20. The number of carbonyl (C=O) groups is 2. The molecule has 0 atom stereocenters. The molecule has 0 spiro atoms. The molecular formula is C96H124N6O2S14. The van der Waals surface area contributed by atoms with E-state index in [-0.39, 0.29) is 11.8 Å². The number of thiazole rings is 4. The number of amides is 2. The Kier molecular flexibility index (Phi) is 37.8. The summed E-state index contributed by atoms with van der Waals surface area (Å²) in [7, 11) is 0. The SMILES string of the molecule is CCCCCCc1cc(/C=C2\SC(=S)N(CC)C2=O)sc1-c1sc(-c2nc(CCCCCC)c(-c3sc(-c4ccc(-c5ccc(-c6cc(CCCCCC)c(-c7sc(-c8nc(CCCCCC)c(-c9sc(/C=C%10/SC(=S)N(CC)C%10=O)cc9CCCCCC)s8)nc7CCCCCC)s6)s5)s4)cc3CCCCCC)s2)nc1CCCCCC. The van der Waals surface area contributed by atoms with E-state index in [4.69, 9.17) is 44.4 Å². The minimum atomic E-state index is 0.0189. The number of hydrogen-bond acceptors (Lipinski definition) is 20. The van der Waals surface area contributed by atoms with Crippen molar-refractivity contribution in [3.05, 3.63) is 113 Å². The van der Waals surface area contributed by atoms with Crippen LogP contribution in [0.25, 0.3) is 100 Å². The Balaban J connectivity index is 0.881. The van der Waals surface area contributed by atoms with Crippen LogP contribution in [0.4, 0.5) is 0 Å². The van der Waals surface area contributed by atoms with E-state index in [9.17, 15) is 9.59 Å². The van der Waals surface area contributed by atoms with Crippen molar-refractivity contribution in [3.63, 3.8) is 0 Å². The van der Waals surface area contributed by atoms with Crippen LogP contribution in [0.1, 0.15) is 329 Å². The number of thiophene rings is 6. The quantitative estimate of drug-likeness (QED) is 0.0208. The summed E-state index contributed by atoms with van der Waals surface area (Å²) in [4.78, 5) is 76.0. The molecule has 2 saturated heterocycles. The predicted molar refractivity (Wildman–Crippen MR) is 539 cm³/mol. The Bertz CT molecular complexity index is 4660. The van der Waals surface area contributed by atoms with Crippen LogP contribution < -0.4 is 0 Å². The highest BCUT2D eigenvalue weighted by Gasteiger charge is 2.34. The first-order valence-corrected chi connectivity index (χ1v) is 55.6. The average Bonchev–Trinajstić information content (AvgIpc) is 1.62. The zero-order chi connectivity index (χ0) is 82.9. The molecule has 0 unspecified atom stereocenters. The summed E-state index contributed by atoms with van der Waals surface area (Å²) in [5.41, 5.74) is 10.6. The molecule has 12 heterocycles. The minimum Gasteiger partial charge on any atom is -0.293 e. The maximum absolute atomic E-state index is 13.6. The Morgan fingerprint density at radius 2 is 0.525 bits per heavy atom. The molecule has 8 nitrogen and oxygen atoms in total. The van der Waals surface area contributed by atoms with Gasteiger partial charge in [0.15, 0.2) is 20.0 Å². The van der Waals surface area contributed by atoms with E-state index < -0.39 is 0 Å². The number of thioether (sulfide) groups is 2. The smallest absolute Gasteiger partial charge is 0.266 e. The van der Waals surface area contributed by atoms with E-state index in [0.29, 0.717) is 21.7 Å². The van der Waals surface area contributed by atoms with Gasteiger partial charge in [0.2, 0.25) is 0 Å². The van der Waals surface area contributed by atoms with Gasteiger partial charge in [-0.1, -0.05) is 257 Å². The number of thiocarbonyl (C=S) groups is 2. The Labute approximate surface area is 766 Å². The van der Waals surface area contributed by atoms with Gasteiger partial charge in [-0.05, 0) is 200 Å². The molecule has 0 N–H and O–H groups in total. The summed E-state index contributed by atoms with van der Waals surface area (Å²) >= 11 is 33.3. The third-order valence-corrected chi connectivity index (χ3v) is 37.8. The molecule has 0 aromatic carbocycles. The van der Waals surface area contributed by atoms with Crippen LogP contribution in [0.5, 0.6) is 0 Å². The van der Waals surface area contributed by atoms with E-state index in [1.807, 2.05) is 127 Å². The number of hydrogen-bond donors (Lipinski definition) is 0. The maximum atomic E-state index is 13.6. The lowest BCUT2D eigenvalue weighted by Gasteiger charge is -2.09. The van der Waals surface area contributed by atoms with Gasteiger partial charge in [-0.25, -0.2) is 19.9 Å². The highest BCUT2D eigenvalue weighted by Crippen LogP contribution is 2.54. The monoisotopic (exact) mass is 1840 g/mol. The second-order valence-electron chi connectivity index (χ2n) is 31.8. The molecule has 2 amide bonds. The first kappa shape index (κ1) is 93.2. The molecule has 2 fully saturated rings. The van der Waals surface area contributed by atoms with Gasteiger partial charge in [0.05, 0.1) is 61.8 Å². The zero-order valence-corrected chi connectivity index (χ0v) is 83.1. The summed E-state index contributed by atoms with van der Waals surface area (Å²) in [6, 6.07) is 19.5. The predicted octanol–water partition coefficient (Wildman–Crippen LogP) is 34.3. The third-order valence-electron chi connectivity index (χ3n) is 22.4. The Morgan fingerprint density at radius 1 is 0.280 bits per heavy atom. The van der Waals surface area contributed by atoms with Crippen LogP contribution in [-0.4, -0.2) is 63.3 Å². The van der Waals surface area contributed by atoms with Crippen molar-refractivity contribution >= 4 is 194 Å². The number of aromatic nitrogens is 4. The highest BCUT2D eigenvalue weighted by atomic mass is 32.2. The average molecular weight is 1840 g/mol. The van der Waals surface area contributed by atoms with Crippen molar-refractivity contribution in [3.8, 4) is 88.3 Å². The van der Waals surface area contributed by atoms with E-state index in [2.05, 4.69) is 116 Å². The Hall–Kier alpha value is -3.98. The molecule has 10 aromatic rings. The fourth-order valence-electron chi connectivity index (χ4n) is 15.7. The first-order chi connectivity index (χ1) is 57.7. The number of aryl methyl sites for hydroxylation is 8. The lowest BCUT2D eigenvalue weighted by molar-refractivity contribution is -0.122. The van der Waals surface area contributed by atoms with Gasteiger partial charge in [0.25, 0.3) is 11.8 Å². The second kappa shape index (κ2) is 47.9. The van der Waals surface area contributed by atoms with Gasteiger partial charge in [-0.15, -0.1) is 113 Å². The molecule has 2 aliphatic rings. The molecular weight excluding hydrogens is 1720 g/mol. The van der Waals surface area contributed by atoms with E-state index in [1.165, 1.54) is 304 Å². The number of likely N-dealkylation sites (N-methyl/N-ethyl adjacent to an activating group) is 2. The van der Waals surface area contributed by atoms with Crippen LogP contribution in [-0.2, 0) is 61.0 Å². The van der Waals surface area contributed by atoms with Gasteiger partial charge in [0, 0.05) is 61.9 Å². The first-order valence-electron chi connectivity index (χ1n) is 45.0. The van der Waals surface area contributed by atoms with Gasteiger partial charge < -0.3 is 0 Å². The number of nitrogens with zero attached hydrogens (tertiary/aromatic N) is 6. The lowest BCUT2D eigenvalue weighted by Crippen LogP contribution is -2.27. The van der Waals surface area contributed by atoms with Crippen LogP contribution in [0, 0.1) is 0 Å². The molecule has 0 radical (unpaired) electrons. The van der Waals surface area contributed by atoms with Crippen molar-refractivity contribution in [1.29, 1.82) is 0 Å². The molecule has 0 bridgehead atoms. The van der Waals surface area contributed by atoms with Crippen molar-refractivity contribution in [1.82, 2.24) is 29.7 Å². The van der Waals surface area contributed by atoms with Gasteiger partial charge >= 0.3 is 0 Å². The van der Waals surface area contributed by atoms with Crippen LogP contribution >= 0.6 is 161 Å². The molecule has 12 rings (SSSR count). The number of unbranched alkanes of at least 4 members (excludes halogenated alkanes) is 24. The van der Waals surface area contributed by atoms with Crippen LogP contribution in [0.2, 0.25) is 0 Å². The number of rotatable bonds is 53. The number of carbonyl (C=O) groups excluding carboxylic acids is 2. The van der Waals surface area contributed by atoms with Crippen molar-refractivity contribution in [2.75, 3.05) is 13.1 Å². The van der Waals surface area contributed by atoms with E-state index in [1.54, 1.807) is 9.80 Å². The largest absolute Gasteiger partial charge is 0.293 e. The summed E-state index contributed by atoms with van der Waals surface area (Å²) in [6.45, 7) is 23.6. The van der Waals surface area contributed by atoms with Crippen LogP contribution in [0.3, 0.4) is 0 Å². The standard InChI is InChI=1S/C96H124N6O2S14/c1-11-21-29-37-45-63-57-67(61-79-93(103)101(19-9)95(105)113-79)107-81(63)85-69(49-41-33-25-15-5)97-89(115-85)91-99-71(51-43-35-27-17-7)87(117-91)83-65(47-39-31-23-13-3)59-77(111-83)75-55-53-73(109-75)74-54-56-76(110-74)78-60-66(48-40-32-24-14-4)84(112-78)88-72(52-44-36-28-18-8)100-92(118-88)90-98-70(50-42-34-26-16-6)86(116-90)82-64(46-38-30-22-12-2)58-68(108-82)62-80-94(104)102(20-10)96(106)114-80/h53-62H,11-52H2,1-10H3/b79-61-,80-62+. The van der Waals surface area contributed by atoms with Gasteiger partial charge in [-0.2, -0.15) is 0 Å². The molecule has 22 heteroatoms. The molecule has 634 valence electrons. The van der Waals surface area contributed by atoms with E-state index >= 15 is 0 Å². The fourth-order valence-corrected chi connectivity index (χ4v) is 30.8. The molecule has 118 heavy (non-hydrogen) atoms. The topological polar surface area (TPSA) is 92.2 Å². The van der Waals surface area contributed by atoms with Crippen molar-refractivity contribution in [2.45, 2.75) is 326 Å². The Morgan fingerprint density at radius 3 is 0.780 bits per heavy atom. The zero-order valence-electron chi connectivity index (χ0n) is 71.7. The maximum Gasteiger partial charge on any atom is 0.266 e. The van der Waals surface area contributed by atoms with Crippen LogP contribution in [0.15, 0.2) is 58.3 Å². The summed E-state index contributed by atoms with van der Waals surface area (Å²) in [5.74, 6) is 0.0378. The summed E-state index contributed by atoms with van der Waals surface area (Å²) < 4.78 is 1.29.